The molecule has 3 nitrogen and oxygen atoms in total. The van der Waals surface area contributed by atoms with Crippen molar-refractivity contribution in [3.8, 4) is 0 Å². The molecule has 1 aliphatic heterocycles. The van der Waals surface area contributed by atoms with Gasteiger partial charge in [0.15, 0.2) is 12.6 Å². The van der Waals surface area contributed by atoms with Crippen molar-refractivity contribution in [1.82, 2.24) is 0 Å². The molecule has 0 aromatic rings. The van der Waals surface area contributed by atoms with Gasteiger partial charge in [0.05, 0.1) is 0 Å². The Bertz CT molecular complexity index is 513. The highest BCUT2D eigenvalue weighted by Crippen LogP contribution is 2.42. The summed E-state index contributed by atoms with van der Waals surface area (Å²) in [4.78, 5) is 0. The zero-order chi connectivity index (χ0) is 18.4. The van der Waals surface area contributed by atoms with E-state index in [4.69, 9.17) is 14.2 Å². The average Bonchev–Trinajstić information content (AvgIpc) is 2.93. The largest absolute Gasteiger partial charge is 0.355 e. The molecule has 0 radical (unpaired) electrons. The number of allylic oxidation sites excluding steroid dienone is 5. The van der Waals surface area contributed by atoms with E-state index in [9.17, 15) is 0 Å². The van der Waals surface area contributed by atoms with Gasteiger partial charge in [-0.3, -0.25) is 0 Å². The Hall–Kier alpha value is -0.900. The molecule has 0 aromatic heterocycles. The van der Waals surface area contributed by atoms with Crippen LogP contribution in [-0.2, 0) is 14.2 Å². The van der Waals surface area contributed by atoms with E-state index in [0.717, 1.165) is 12.8 Å². The van der Waals surface area contributed by atoms with Gasteiger partial charge >= 0.3 is 0 Å². The highest BCUT2D eigenvalue weighted by atomic mass is 16.8. The van der Waals surface area contributed by atoms with E-state index in [1.165, 1.54) is 36.0 Å². The van der Waals surface area contributed by atoms with Gasteiger partial charge in [0.25, 0.3) is 0 Å². The van der Waals surface area contributed by atoms with Crippen LogP contribution in [0.3, 0.4) is 0 Å². The monoisotopic (exact) mass is 348 g/mol. The summed E-state index contributed by atoms with van der Waals surface area (Å²) in [6, 6.07) is 0. The van der Waals surface area contributed by atoms with Gasteiger partial charge in [-0.25, -0.2) is 0 Å². The molecular formula is C22H36O3. The molecule has 3 heteroatoms. The third kappa shape index (κ3) is 5.54. The van der Waals surface area contributed by atoms with E-state index in [0.29, 0.717) is 17.8 Å². The first-order valence-corrected chi connectivity index (χ1v) is 9.66. The predicted octanol–water partition coefficient (Wildman–Crippen LogP) is 5.63. The van der Waals surface area contributed by atoms with Crippen LogP contribution in [-0.4, -0.2) is 26.8 Å². The molecule has 0 amide bonds. The van der Waals surface area contributed by atoms with Crippen LogP contribution in [0.1, 0.15) is 59.8 Å². The summed E-state index contributed by atoms with van der Waals surface area (Å²) in [6.45, 7) is 9.04. The molecule has 1 aliphatic carbocycles. The fraction of sp³-hybridized carbons (Fsp3) is 0.727. The van der Waals surface area contributed by atoms with Crippen molar-refractivity contribution in [1.29, 1.82) is 0 Å². The fourth-order valence-corrected chi connectivity index (χ4v) is 4.14. The molecule has 0 saturated carbocycles. The first kappa shape index (κ1) is 20.4. The first-order valence-electron chi connectivity index (χ1n) is 9.66. The van der Waals surface area contributed by atoms with Crippen LogP contribution in [0.15, 0.2) is 34.9 Å². The minimum Gasteiger partial charge on any atom is -0.355 e. The molecule has 1 fully saturated rings. The Kier molecular flexibility index (Phi) is 7.92. The SMILES string of the molecule is CO[C@@H]1O[C@@H](OC)[C@@H]2C[C@@H]([C@H](C)CCC=C(C)C)C/C(C)=C/C/C=C/12. The van der Waals surface area contributed by atoms with E-state index >= 15 is 0 Å². The summed E-state index contributed by atoms with van der Waals surface area (Å²) in [5.41, 5.74) is 4.18. The maximum absolute atomic E-state index is 5.98. The smallest absolute Gasteiger partial charge is 0.182 e. The van der Waals surface area contributed by atoms with Crippen LogP contribution in [0.2, 0.25) is 0 Å². The third-order valence-corrected chi connectivity index (χ3v) is 5.67. The van der Waals surface area contributed by atoms with Gasteiger partial charge in [0.1, 0.15) is 0 Å². The third-order valence-electron chi connectivity index (χ3n) is 5.67. The van der Waals surface area contributed by atoms with Gasteiger partial charge < -0.3 is 14.2 Å². The lowest BCUT2D eigenvalue weighted by molar-refractivity contribution is -0.190. The molecule has 0 spiro atoms. The zero-order valence-corrected chi connectivity index (χ0v) is 16.9. The maximum Gasteiger partial charge on any atom is 0.182 e. The molecule has 0 N–H and O–H groups in total. The maximum atomic E-state index is 5.98. The second kappa shape index (κ2) is 9.70. The van der Waals surface area contributed by atoms with Gasteiger partial charge in [-0.05, 0) is 70.3 Å². The molecule has 0 unspecified atom stereocenters. The lowest BCUT2D eigenvalue weighted by Crippen LogP contribution is -2.24. The van der Waals surface area contributed by atoms with E-state index < -0.39 is 0 Å². The van der Waals surface area contributed by atoms with Crippen molar-refractivity contribution < 1.29 is 14.2 Å². The summed E-state index contributed by atoms with van der Waals surface area (Å²) in [7, 11) is 3.46. The normalized spacial score (nSPS) is 35.3. The van der Waals surface area contributed by atoms with Crippen LogP contribution in [0.25, 0.3) is 0 Å². The highest BCUT2D eigenvalue weighted by molar-refractivity contribution is 5.19. The van der Waals surface area contributed by atoms with Crippen molar-refractivity contribution in [2.75, 3.05) is 14.2 Å². The lowest BCUT2D eigenvalue weighted by Gasteiger charge is -2.28. The summed E-state index contributed by atoms with van der Waals surface area (Å²) >= 11 is 0. The van der Waals surface area contributed by atoms with E-state index in [-0.39, 0.29) is 12.6 Å². The number of hydrogen-bond acceptors (Lipinski definition) is 3. The Morgan fingerprint density at radius 3 is 2.68 bits per heavy atom. The average molecular weight is 349 g/mol. The Labute approximate surface area is 154 Å². The summed E-state index contributed by atoms with van der Waals surface area (Å²) < 4.78 is 17.2. The topological polar surface area (TPSA) is 27.7 Å². The van der Waals surface area contributed by atoms with E-state index in [2.05, 4.69) is 45.9 Å². The highest BCUT2D eigenvalue weighted by Gasteiger charge is 2.41. The Morgan fingerprint density at radius 1 is 1.28 bits per heavy atom. The zero-order valence-electron chi connectivity index (χ0n) is 16.9. The molecule has 0 aromatic carbocycles. The molecule has 2 rings (SSSR count). The first-order chi connectivity index (χ1) is 12.0. The van der Waals surface area contributed by atoms with E-state index in [1.54, 1.807) is 14.2 Å². The molecule has 0 bridgehead atoms. The predicted molar refractivity (Wildman–Crippen MR) is 103 cm³/mol. The van der Waals surface area contributed by atoms with Crippen molar-refractivity contribution >= 4 is 0 Å². The minimum atomic E-state index is -0.261. The number of rotatable bonds is 6. The number of hydrogen-bond donors (Lipinski definition) is 0. The number of ether oxygens (including phenoxy) is 3. The second-order valence-electron chi connectivity index (χ2n) is 7.94. The second-order valence-corrected chi connectivity index (χ2v) is 7.94. The lowest BCUT2D eigenvalue weighted by atomic mass is 9.78. The number of fused-ring (bicyclic) bond motifs is 1. The summed E-state index contributed by atoms with van der Waals surface area (Å²) in [6.07, 6.45) is 12.2. The van der Waals surface area contributed by atoms with Crippen molar-refractivity contribution in [2.24, 2.45) is 17.8 Å². The molecule has 2 aliphatic rings. The number of methoxy groups -OCH3 is 2. The van der Waals surface area contributed by atoms with E-state index in [1.807, 2.05) is 0 Å². The van der Waals surface area contributed by atoms with Gasteiger partial charge in [0, 0.05) is 20.1 Å². The molecule has 1 heterocycles. The molecule has 142 valence electrons. The van der Waals surface area contributed by atoms with Gasteiger partial charge in [0.2, 0.25) is 0 Å². The van der Waals surface area contributed by atoms with Crippen LogP contribution in [0.5, 0.6) is 0 Å². The van der Waals surface area contributed by atoms with Gasteiger partial charge in [-0.15, -0.1) is 0 Å². The van der Waals surface area contributed by atoms with Gasteiger partial charge in [-0.2, -0.15) is 0 Å². The van der Waals surface area contributed by atoms with Crippen molar-refractivity contribution in [3.05, 3.63) is 34.9 Å². The summed E-state index contributed by atoms with van der Waals surface area (Å²) in [5, 5.41) is 0. The Balaban J connectivity index is 2.17. The molecule has 25 heavy (non-hydrogen) atoms. The fourth-order valence-electron chi connectivity index (χ4n) is 4.14. The van der Waals surface area contributed by atoms with Crippen molar-refractivity contribution in [2.45, 2.75) is 72.4 Å². The minimum absolute atomic E-state index is 0.193. The van der Waals surface area contributed by atoms with Crippen LogP contribution < -0.4 is 0 Å². The van der Waals surface area contributed by atoms with Gasteiger partial charge in [-0.1, -0.05) is 36.3 Å². The molecule has 1 saturated heterocycles. The van der Waals surface area contributed by atoms with Crippen LogP contribution in [0, 0.1) is 17.8 Å². The standard InChI is InChI=1S/C22H36O3/c1-15(2)9-7-11-17(4)18-13-16(3)10-8-12-19-20(14-18)22(24-6)25-21(19)23-5/h9-10,12,17-18,20-22H,7-8,11,13-14H2,1-6H3/b16-10+,19-12+/t17-,18+,20-,21-,22-/m1/s1. The van der Waals surface area contributed by atoms with Crippen molar-refractivity contribution in [3.63, 3.8) is 0 Å². The molecular weight excluding hydrogens is 312 g/mol. The van der Waals surface area contributed by atoms with Crippen LogP contribution >= 0.6 is 0 Å². The van der Waals surface area contributed by atoms with Crippen LogP contribution in [0.4, 0.5) is 0 Å². The quantitative estimate of drug-likeness (QED) is 0.582. The Morgan fingerprint density at radius 2 is 2.04 bits per heavy atom. The molecule has 5 atom stereocenters. The summed E-state index contributed by atoms with van der Waals surface area (Å²) in [5.74, 6) is 1.62.